The van der Waals surface area contributed by atoms with E-state index in [2.05, 4.69) is 14.4 Å². The normalized spacial score (nSPS) is 11.6. The molecule has 0 aliphatic carbocycles. The summed E-state index contributed by atoms with van der Waals surface area (Å²) in [7, 11) is -2.65. The Kier molecular flexibility index (Phi) is 6.18. The molecule has 0 fully saturated rings. The molecular weight excluding hydrogens is 528 g/mol. The fourth-order valence-corrected chi connectivity index (χ4v) is 5.08. The molecule has 1 N–H and O–H groups in total. The summed E-state index contributed by atoms with van der Waals surface area (Å²) in [5.41, 5.74) is 0.294. The largest absolute Gasteiger partial charge is 0.495 e. The van der Waals surface area contributed by atoms with Gasteiger partial charge in [-0.3, -0.25) is 14.1 Å². The molecule has 0 saturated carbocycles. The summed E-state index contributed by atoms with van der Waals surface area (Å²) in [5, 5.41) is 3.75. The fourth-order valence-electron chi connectivity index (χ4n) is 3.87. The number of sulfonamides is 1. The number of hydrogen-bond donors (Lipinski definition) is 1. The minimum Gasteiger partial charge on any atom is -0.495 e. The average Bonchev–Trinajstić information content (AvgIpc) is 3.37. The van der Waals surface area contributed by atoms with Crippen molar-refractivity contribution in [1.29, 1.82) is 0 Å². The fraction of sp³-hybridized carbons (Fsp3) is 0.0400. The number of anilines is 1. The van der Waals surface area contributed by atoms with Crippen LogP contribution in [0, 0.1) is 11.6 Å². The zero-order valence-corrected chi connectivity index (χ0v) is 20.5. The summed E-state index contributed by atoms with van der Waals surface area (Å²) in [5.74, 6) is -1.20. The van der Waals surface area contributed by atoms with Gasteiger partial charge in [-0.25, -0.2) is 17.2 Å². The Labute approximate surface area is 213 Å². The highest BCUT2D eigenvalue weighted by atomic mass is 35.5. The van der Waals surface area contributed by atoms with Crippen molar-refractivity contribution in [2.45, 2.75) is 4.90 Å². The van der Waals surface area contributed by atoms with Crippen LogP contribution in [-0.4, -0.2) is 25.3 Å². The Balaban J connectivity index is 1.64. The lowest BCUT2D eigenvalue weighted by atomic mass is 10.0. The molecule has 0 atom stereocenters. The predicted molar refractivity (Wildman–Crippen MR) is 134 cm³/mol. The lowest BCUT2D eigenvalue weighted by molar-refractivity contribution is 0.412. The maximum Gasteiger partial charge on any atom is 0.263 e. The van der Waals surface area contributed by atoms with E-state index in [1.807, 2.05) is 0 Å². The average molecular weight is 544 g/mol. The summed E-state index contributed by atoms with van der Waals surface area (Å²) in [6, 6.07) is 14.4. The van der Waals surface area contributed by atoms with Crippen molar-refractivity contribution in [1.82, 2.24) is 9.72 Å². The van der Waals surface area contributed by atoms with Gasteiger partial charge in [-0.15, -0.1) is 0 Å². The molecule has 12 heteroatoms. The molecule has 5 rings (SSSR count). The zero-order chi connectivity index (χ0) is 26.3. The Morgan fingerprint density at radius 1 is 1.00 bits per heavy atom. The van der Waals surface area contributed by atoms with Gasteiger partial charge in [0.25, 0.3) is 15.6 Å². The third-order valence-corrected chi connectivity index (χ3v) is 7.23. The van der Waals surface area contributed by atoms with Gasteiger partial charge in [-0.05, 0) is 48.0 Å². The second-order valence-electron chi connectivity index (χ2n) is 7.85. The molecule has 2 aromatic heterocycles. The number of benzene rings is 3. The highest BCUT2D eigenvalue weighted by molar-refractivity contribution is 7.92. The van der Waals surface area contributed by atoms with E-state index in [1.54, 1.807) is 0 Å². The van der Waals surface area contributed by atoms with Crippen molar-refractivity contribution in [2.24, 2.45) is 0 Å². The number of aromatic nitrogens is 2. The first-order valence-corrected chi connectivity index (χ1v) is 12.5. The van der Waals surface area contributed by atoms with Crippen molar-refractivity contribution in [2.75, 3.05) is 11.8 Å². The maximum absolute atomic E-state index is 15.3. The molecule has 8 nitrogen and oxygen atoms in total. The predicted octanol–water partition coefficient (Wildman–Crippen LogP) is 5.39. The molecule has 0 radical (unpaired) electrons. The number of fused-ring (bicyclic) bond motifs is 1. The Morgan fingerprint density at radius 3 is 2.51 bits per heavy atom. The van der Waals surface area contributed by atoms with Crippen LogP contribution in [0.3, 0.4) is 0 Å². The van der Waals surface area contributed by atoms with Crippen molar-refractivity contribution >= 4 is 38.3 Å². The van der Waals surface area contributed by atoms with Crippen LogP contribution in [0.15, 0.2) is 87.2 Å². The first-order chi connectivity index (χ1) is 17.7. The van der Waals surface area contributed by atoms with Crippen LogP contribution >= 0.6 is 11.6 Å². The molecule has 0 spiro atoms. The summed E-state index contributed by atoms with van der Waals surface area (Å²) < 4.78 is 68.0. The summed E-state index contributed by atoms with van der Waals surface area (Å²) in [4.78, 5) is 12.8. The zero-order valence-electron chi connectivity index (χ0n) is 18.9. The maximum atomic E-state index is 15.3. The number of ether oxygens (including phenoxy) is 1. The monoisotopic (exact) mass is 543 g/mol. The molecule has 0 amide bonds. The van der Waals surface area contributed by atoms with Crippen LogP contribution in [0.4, 0.5) is 14.6 Å². The van der Waals surface area contributed by atoms with Gasteiger partial charge < -0.3 is 9.26 Å². The highest BCUT2D eigenvalue weighted by Gasteiger charge is 2.20. The first kappa shape index (κ1) is 24.5. The summed E-state index contributed by atoms with van der Waals surface area (Å²) >= 11 is 5.86. The van der Waals surface area contributed by atoms with Gasteiger partial charge in [-0.1, -0.05) is 22.8 Å². The number of rotatable bonds is 6. The first-order valence-electron chi connectivity index (χ1n) is 10.6. The molecule has 2 heterocycles. The number of nitrogens with zero attached hydrogens (tertiary/aromatic N) is 2. The van der Waals surface area contributed by atoms with Gasteiger partial charge in [0.05, 0.1) is 28.2 Å². The molecule has 0 aliphatic rings. The van der Waals surface area contributed by atoms with E-state index in [0.717, 1.165) is 12.1 Å². The van der Waals surface area contributed by atoms with Crippen LogP contribution in [0.1, 0.15) is 0 Å². The van der Waals surface area contributed by atoms with E-state index >= 15 is 4.39 Å². The van der Waals surface area contributed by atoms with Crippen molar-refractivity contribution in [3.63, 3.8) is 0 Å². The molecule has 5 aromatic rings. The van der Waals surface area contributed by atoms with Gasteiger partial charge in [0.2, 0.25) is 0 Å². The highest BCUT2D eigenvalue weighted by Crippen LogP contribution is 2.35. The second kappa shape index (κ2) is 9.34. The number of methoxy groups -OCH3 is 1. The SMILES string of the molecule is COc1cc(-c2ccc(F)c(Cl)c2)c(F)cc1-n1c(=O)ccc2cc(S(=O)(=O)Nc3ccon3)ccc21. The van der Waals surface area contributed by atoms with Gasteiger partial charge in [0.1, 0.15) is 23.6 Å². The minimum atomic E-state index is -4.01. The molecule has 0 bridgehead atoms. The van der Waals surface area contributed by atoms with Crippen LogP contribution in [-0.2, 0) is 10.0 Å². The van der Waals surface area contributed by atoms with Crippen LogP contribution in [0.5, 0.6) is 5.75 Å². The molecule has 0 saturated heterocycles. The standard InChI is InChI=1S/C25H16ClF2N3O5S/c1-35-23-12-17(14-2-5-19(27)18(26)11-14)20(28)13-22(23)31-21-6-4-16(10-15(21)3-7-25(31)32)37(33,34)30-24-8-9-36-29-24/h2-13H,1H3,(H,29,30). The molecule has 37 heavy (non-hydrogen) atoms. The molecule has 0 unspecified atom stereocenters. The third kappa shape index (κ3) is 4.54. The van der Waals surface area contributed by atoms with E-state index in [0.29, 0.717) is 16.5 Å². The lowest BCUT2D eigenvalue weighted by Gasteiger charge is -2.16. The van der Waals surface area contributed by atoms with Crippen molar-refractivity contribution < 1.29 is 26.5 Å². The Morgan fingerprint density at radius 2 is 1.81 bits per heavy atom. The van der Waals surface area contributed by atoms with E-state index in [-0.39, 0.29) is 32.7 Å². The molecule has 188 valence electrons. The van der Waals surface area contributed by atoms with Crippen molar-refractivity contribution in [3.05, 3.63) is 100 Å². The van der Waals surface area contributed by atoms with Crippen molar-refractivity contribution in [3.8, 4) is 22.6 Å². The topological polar surface area (TPSA) is 103 Å². The van der Waals surface area contributed by atoms with E-state index in [4.69, 9.17) is 16.3 Å². The minimum absolute atomic E-state index is 0.00723. The summed E-state index contributed by atoms with van der Waals surface area (Å²) in [6.07, 6.45) is 1.22. The van der Waals surface area contributed by atoms with E-state index < -0.39 is 27.2 Å². The Hall–Kier alpha value is -4.22. The number of halogens is 3. The second-order valence-corrected chi connectivity index (χ2v) is 9.94. The number of pyridine rings is 1. The van der Waals surface area contributed by atoms with Crippen LogP contribution in [0.25, 0.3) is 27.7 Å². The number of nitrogens with one attached hydrogen (secondary N) is 1. The van der Waals surface area contributed by atoms with Gasteiger partial charge in [-0.2, -0.15) is 0 Å². The molecule has 3 aromatic carbocycles. The van der Waals surface area contributed by atoms with Gasteiger partial charge in [0, 0.05) is 29.1 Å². The van der Waals surface area contributed by atoms with Gasteiger partial charge in [0.15, 0.2) is 5.82 Å². The number of hydrogen-bond acceptors (Lipinski definition) is 6. The molecular formula is C25H16ClF2N3O5S. The lowest BCUT2D eigenvalue weighted by Crippen LogP contribution is -2.19. The van der Waals surface area contributed by atoms with Crippen LogP contribution in [0.2, 0.25) is 5.02 Å². The Bertz CT molecular complexity index is 1820. The van der Waals surface area contributed by atoms with Crippen LogP contribution < -0.4 is 15.0 Å². The summed E-state index contributed by atoms with van der Waals surface area (Å²) in [6.45, 7) is 0. The third-order valence-electron chi connectivity index (χ3n) is 5.59. The van der Waals surface area contributed by atoms with Gasteiger partial charge >= 0.3 is 0 Å². The smallest absolute Gasteiger partial charge is 0.263 e. The van der Waals surface area contributed by atoms with E-state index in [9.17, 15) is 17.6 Å². The quantitative estimate of drug-likeness (QED) is 0.308. The van der Waals surface area contributed by atoms with E-state index in [1.165, 1.54) is 72.5 Å². The molecule has 0 aliphatic heterocycles.